The van der Waals surface area contributed by atoms with E-state index < -0.39 is 0 Å². The van der Waals surface area contributed by atoms with Crippen LogP contribution in [0.3, 0.4) is 0 Å². The fourth-order valence-corrected chi connectivity index (χ4v) is 1.76. The van der Waals surface area contributed by atoms with Crippen LogP contribution < -0.4 is 10.5 Å². The van der Waals surface area contributed by atoms with Gasteiger partial charge in [0.25, 0.3) is 0 Å². The molecule has 0 aliphatic heterocycles. The number of para-hydroxylation sites is 1. The third-order valence-electron chi connectivity index (χ3n) is 2.83. The van der Waals surface area contributed by atoms with Crippen molar-refractivity contribution in [2.45, 2.75) is 6.92 Å². The molecule has 1 aromatic heterocycles. The van der Waals surface area contributed by atoms with Crippen LogP contribution in [0.1, 0.15) is 5.69 Å². The van der Waals surface area contributed by atoms with Crippen LogP contribution >= 0.6 is 0 Å². The van der Waals surface area contributed by atoms with E-state index in [1.807, 2.05) is 43.3 Å². The van der Waals surface area contributed by atoms with Crippen molar-refractivity contribution in [1.82, 2.24) is 4.98 Å². The first-order valence-corrected chi connectivity index (χ1v) is 6.16. The summed E-state index contributed by atoms with van der Waals surface area (Å²) in [5, 5.41) is 0. The number of benzene rings is 1. The minimum atomic E-state index is 0.515. The van der Waals surface area contributed by atoms with Crippen molar-refractivity contribution < 1.29 is 9.47 Å². The smallest absolute Gasteiger partial charge is 0.128 e. The monoisotopic (exact) mass is 258 g/mol. The average Bonchev–Trinajstić information content (AvgIpc) is 2.43. The first kappa shape index (κ1) is 13.4. The second-order valence-corrected chi connectivity index (χ2v) is 4.21. The molecule has 0 aliphatic carbocycles. The molecule has 2 rings (SSSR count). The third kappa shape index (κ3) is 3.23. The van der Waals surface area contributed by atoms with E-state index in [1.165, 1.54) is 0 Å². The zero-order chi connectivity index (χ0) is 13.7. The van der Waals surface area contributed by atoms with Gasteiger partial charge in [0.15, 0.2) is 0 Å². The van der Waals surface area contributed by atoms with E-state index in [4.69, 9.17) is 15.2 Å². The van der Waals surface area contributed by atoms with Crippen molar-refractivity contribution in [3.63, 3.8) is 0 Å². The first-order valence-electron chi connectivity index (χ1n) is 6.16. The third-order valence-corrected chi connectivity index (χ3v) is 2.83. The normalized spacial score (nSPS) is 10.4. The van der Waals surface area contributed by atoms with Crippen molar-refractivity contribution in [2.75, 3.05) is 26.1 Å². The number of nitrogens with two attached hydrogens (primary N) is 1. The molecule has 0 saturated carbocycles. The summed E-state index contributed by atoms with van der Waals surface area (Å²) in [6.07, 6.45) is 0. The van der Waals surface area contributed by atoms with E-state index in [1.54, 1.807) is 7.11 Å². The van der Waals surface area contributed by atoms with Gasteiger partial charge in [-0.1, -0.05) is 12.1 Å². The van der Waals surface area contributed by atoms with Crippen LogP contribution in [0.5, 0.6) is 5.75 Å². The Bertz CT molecular complexity index is 556. The Balaban J connectivity index is 2.30. The highest BCUT2D eigenvalue weighted by molar-refractivity contribution is 5.68. The van der Waals surface area contributed by atoms with Crippen LogP contribution in [-0.4, -0.2) is 25.3 Å². The zero-order valence-electron chi connectivity index (χ0n) is 11.2. The number of anilines is 1. The molecule has 0 saturated heterocycles. The van der Waals surface area contributed by atoms with Crippen molar-refractivity contribution in [3.8, 4) is 17.0 Å². The Labute approximate surface area is 113 Å². The number of methoxy groups -OCH3 is 1. The summed E-state index contributed by atoms with van der Waals surface area (Å²) in [5.74, 6) is 0.802. The summed E-state index contributed by atoms with van der Waals surface area (Å²) < 4.78 is 10.7. The maximum absolute atomic E-state index is 5.79. The van der Waals surface area contributed by atoms with Gasteiger partial charge in [0.1, 0.15) is 12.4 Å². The number of rotatable bonds is 5. The molecule has 0 atom stereocenters. The van der Waals surface area contributed by atoms with Crippen molar-refractivity contribution in [1.29, 1.82) is 0 Å². The summed E-state index contributed by atoms with van der Waals surface area (Å²) >= 11 is 0. The molecule has 0 bridgehead atoms. The Morgan fingerprint density at radius 1 is 1.11 bits per heavy atom. The van der Waals surface area contributed by atoms with Crippen LogP contribution in [-0.2, 0) is 4.74 Å². The Hall–Kier alpha value is -2.07. The standard InChI is InChI=1S/C15H18N2O2/c1-11-13(16)7-8-14(17-11)12-5-3-4-6-15(12)19-10-9-18-2/h3-8H,9-10,16H2,1-2H3. The molecule has 4 nitrogen and oxygen atoms in total. The zero-order valence-corrected chi connectivity index (χ0v) is 11.2. The summed E-state index contributed by atoms with van der Waals surface area (Å²) in [4.78, 5) is 4.50. The Morgan fingerprint density at radius 3 is 2.63 bits per heavy atom. The molecule has 0 radical (unpaired) electrons. The number of hydrogen-bond acceptors (Lipinski definition) is 4. The second kappa shape index (κ2) is 6.20. The van der Waals surface area contributed by atoms with E-state index >= 15 is 0 Å². The van der Waals surface area contributed by atoms with Crippen LogP contribution in [0.2, 0.25) is 0 Å². The summed E-state index contributed by atoms with van der Waals surface area (Å²) in [7, 11) is 1.65. The van der Waals surface area contributed by atoms with E-state index in [-0.39, 0.29) is 0 Å². The molecule has 1 heterocycles. The lowest BCUT2D eigenvalue weighted by atomic mass is 10.1. The lowest BCUT2D eigenvalue weighted by Gasteiger charge is -2.11. The van der Waals surface area contributed by atoms with Gasteiger partial charge in [-0.3, -0.25) is 4.98 Å². The Morgan fingerprint density at radius 2 is 1.89 bits per heavy atom. The topological polar surface area (TPSA) is 57.4 Å². The largest absolute Gasteiger partial charge is 0.490 e. The minimum Gasteiger partial charge on any atom is -0.490 e. The maximum atomic E-state index is 5.79. The molecule has 4 heteroatoms. The van der Waals surface area contributed by atoms with E-state index in [9.17, 15) is 0 Å². The molecule has 19 heavy (non-hydrogen) atoms. The molecular weight excluding hydrogens is 240 g/mol. The van der Waals surface area contributed by atoms with Gasteiger partial charge in [0.05, 0.1) is 23.7 Å². The molecule has 100 valence electrons. The average molecular weight is 258 g/mol. The predicted molar refractivity (Wildman–Crippen MR) is 76.2 cm³/mol. The number of aromatic nitrogens is 1. The van der Waals surface area contributed by atoms with Gasteiger partial charge >= 0.3 is 0 Å². The van der Waals surface area contributed by atoms with E-state index in [0.29, 0.717) is 18.9 Å². The highest BCUT2D eigenvalue weighted by Crippen LogP contribution is 2.29. The van der Waals surface area contributed by atoms with Gasteiger partial charge in [-0.05, 0) is 31.2 Å². The lowest BCUT2D eigenvalue weighted by Crippen LogP contribution is -2.05. The second-order valence-electron chi connectivity index (χ2n) is 4.21. The van der Waals surface area contributed by atoms with Gasteiger partial charge < -0.3 is 15.2 Å². The van der Waals surface area contributed by atoms with Crippen molar-refractivity contribution in [3.05, 3.63) is 42.1 Å². The highest BCUT2D eigenvalue weighted by Gasteiger charge is 2.08. The minimum absolute atomic E-state index is 0.515. The fraction of sp³-hybridized carbons (Fsp3) is 0.267. The van der Waals surface area contributed by atoms with Gasteiger partial charge in [0, 0.05) is 12.7 Å². The summed E-state index contributed by atoms with van der Waals surface area (Å²) in [5.41, 5.74) is 9.13. The highest BCUT2D eigenvalue weighted by atomic mass is 16.5. The van der Waals surface area contributed by atoms with Gasteiger partial charge in [-0.15, -0.1) is 0 Å². The van der Waals surface area contributed by atoms with E-state index in [2.05, 4.69) is 4.98 Å². The molecule has 0 fully saturated rings. The number of aryl methyl sites for hydroxylation is 1. The quantitative estimate of drug-likeness (QED) is 0.838. The van der Waals surface area contributed by atoms with Crippen LogP contribution in [0.25, 0.3) is 11.3 Å². The predicted octanol–water partition coefficient (Wildman–Crippen LogP) is 2.66. The molecule has 2 aromatic rings. The molecule has 0 unspecified atom stereocenters. The number of nitrogen functional groups attached to an aromatic ring is 1. The molecule has 0 amide bonds. The first-order chi connectivity index (χ1) is 9.22. The van der Waals surface area contributed by atoms with Crippen molar-refractivity contribution >= 4 is 5.69 Å². The van der Waals surface area contributed by atoms with Crippen LogP contribution in [0.4, 0.5) is 5.69 Å². The molecule has 1 aromatic carbocycles. The molecule has 0 aliphatic rings. The molecule has 0 spiro atoms. The molecule has 2 N–H and O–H groups in total. The Kier molecular flexibility index (Phi) is 4.36. The number of nitrogens with zero attached hydrogens (tertiary/aromatic N) is 1. The SMILES string of the molecule is COCCOc1ccccc1-c1ccc(N)c(C)n1. The number of hydrogen-bond donors (Lipinski definition) is 1. The maximum Gasteiger partial charge on any atom is 0.128 e. The lowest BCUT2D eigenvalue weighted by molar-refractivity contribution is 0.146. The van der Waals surface area contributed by atoms with Gasteiger partial charge in [0.2, 0.25) is 0 Å². The van der Waals surface area contributed by atoms with Crippen LogP contribution in [0, 0.1) is 6.92 Å². The van der Waals surface area contributed by atoms with Crippen molar-refractivity contribution in [2.24, 2.45) is 0 Å². The number of ether oxygens (including phenoxy) is 2. The fourth-order valence-electron chi connectivity index (χ4n) is 1.76. The summed E-state index contributed by atoms with van der Waals surface area (Å²) in [6, 6.07) is 11.6. The molecular formula is C15H18N2O2. The number of pyridine rings is 1. The summed E-state index contributed by atoms with van der Waals surface area (Å²) in [6.45, 7) is 2.97. The van der Waals surface area contributed by atoms with E-state index in [0.717, 1.165) is 22.7 Å². The van der Waals surface area contributed by atoms with Crippen LogP contribution in [0.15, 0.2) is 36.4 Å². The van der Waals surface area contributed by atoms with Gasteiger partial charge in [-0.25, -0.2) is 0 Å². The van der Waals surface area contributed by atoms with Gasteiger partial charge in [-0.2, -0.15) is 0 Å².